The number of oxazole rings is 1. The van der Waals surface area contributed by atoms with Gasteiger partial charge in [0.05, 0.1) is 23.5 Å². The monoisotopic (exact) mass is 393 g/mol. The number of nitrogens with zero attached hydrogens (tertiary/aromatic N) is 1. The van der Waals surface area contributed by atoms with Gasteiger partial charge in [-0.05, 0) is 30.7 Å². The van der Waals surface area contributed by atoms with E-state index in [0.29, 0.717) is 5.56 Å². The third kappa shape index (κ3) is 4.09. The number of aryl methyl sites for hydroxylation is 1. The summed E-state index contributed by atoms with van der Waals surface area (Å²) in [5, 5.41) is 20.6. The van der Waals surface area contributed by atoms with Crippen LogP contribution in [0.15, 0.2) is 35.1 Å². The molecule has 0 bridgehead atoms. The molecule has 1 amide bonds. The number of rotatable bonds is 7. The number of aliphatic hydroxyl groups is 2. The average Bonchev–Trinajstić information content (AvgIpc) is 3.14. The Bertz CT molecular complexity index is 1010. The van der Waals surface area contributed by atoms with Crippen LogP contribution in [0.5, 0.6) is 0 Å². The third-order valence-corrected chi connectivity index (χ3v) is 3.85. The van der Waals surface area contributed by atoms with Gasteiger partial charge < -0.3 is 19.9 Å². The molecule has 0 aliphatic heterocycles. The normalized spacial score (nSPS) is 12.2. The van der Waals surface area contributed by atoms with Gasteiger partial charge in [-0.1, -0.05) is 6.07 Å². The van der Waals surface area contributed by atoms with E-state index in [-0.39, 0.29) is 34.6 Å². The number of amides is 1. The zero-order chi connectivity index (χ0) is 20.3. The number of hydrogen-bond donors (Lipinski definition) is 4. The van der Waals surface area contributed by atoms with Crippen molar-refractivity contribution in [2.45, 2.75) is 13.0 Å². The lowest BCUT2D eigenvalue weighted by Gasteiger charge is -2.15. The van der Waals surface area contributed by atoms with Crippen molar-refractivity contribution >= 4 is 28.4 Å². The lowest BCUT2D eigenvalue weighted by atomic mass is 10.1. The highest BCUT2D eigenvalue weighted by atomic mass is 19.1. The first-order chi connectivity index (χ1) is 13.4. The third-order valence-electron chi connectivity index (χ3n) is 3.85. The molecule has 0 saturated heterocycles. The van der Waals surface area contributed by atoms with Crippen LogP contribution in [0.3, 0.4) is 0 Å². The Morgan fingerprint density at radius 2 is 2.14 bits per heavy atom. The van der Waals surface area contributed by atoms with E-state index in [1.54, 1.807) is 13.0 Å². The molecule has 1 heterocycles. The van der Waals surface area contributed by atoms with Gasteiger partial charge in [-0.25, -0.2) is 19.2 Å². The van der Waals surface area contributed by atoms with Crippen LogP contribution in [0.4, 0.5) is 20.2 Å². The minimum atomic E-state index is -1.20. The van der Waals surface area contributed by atoms with Gasteiger partial charge in [0.2, 0.25) is 0 Å². The number of fused-ring (bicyclic) bond motifs is 1. The number of nitrogens with one attached hydrogen (secondary N) is 2. The summed E-state index contributed by atoms with van der Waals surface area (Å²) in [4.78, 5) is 21.0. The summed E-state index contributed by atoms with van der Waals surface area (Å²) in [5.41, 5.74) is 1.96. The molecule has 0 aliphatic rings. The molecule has 4 N–H and O–H groups in total. The molecule has 0 fully saturated rings. The number of halogens is 2. The number of anilines is 2. The molecule has 1 atom stereocenters. The molecule has 3 aromatic rings. The standard InChI is InChI=1S/C18H17F2N3O5/c1-9-2-3-13(12(19)4-9)22-16-11(18(26)23-28-7-10(25)6-24)5-14-17(15(16)20)21-8-27-14/h2-5,8,10,22,24-25H,6-7H2,1H3,(H,23,26). The SMILES string of the molecule is Cc1ccc(Nc2c(C(=O)NOCC(O)CO)cc3ocnc3c2F)c(F)c1. The van der Waals surface area contributed by atoms with Gasteiger partial charge in [-0.2, -0.15) is 0 Å². The molecule has 8 nitrogen and oxygen atoms in total. The van der Waals surface area contributed by atoms with E-state index < -0.39 is 30.3 Å². The van der Waals surface area contributed by atoms with E-state index in [1.165, 1.54) is 18.2 Å². The van der Waals surface area contributed by atoms with Gasteiger partial charge in [-0.15, -0.1) is 0 Å². The molecule has 10 heteroatoms. The molecule has 0 spiro atoms. The maximum atomic E-state index is 14.9. The van der Waals surface area contributed by atoms with E-state index in [1.807, 2.05) is 5.48 Å². The largest absolute Gasteiger partial charge is 0.443 e. The number of carbonyl (C=O) groups is 1. The van der Waals surface area contributed by atoms with E-state index >= 15 is 0 Å². The van der Waals surface area contributed by atoms with Crippen LogP contribution in [0.2, 0.25) is 0 Å². The van der Waals surface area contributed by atoms with Crippen molar-refractivity contribution < 1.29 is 33.0 Å². The number of benzene rings is 2. The van der Waals surface area contributed by atoms with Crippen molar-refractivity contribution in [1.82, 2.24) is 10.5 Å². The smallest absolute Gasteiger partial charge is 0.277 e. The van der Waals surface area contributed by atoms with Crippen molar-refractivity contribution in [3.05, 3.63) is 53.4 Å². The number of aliphatic hydroxyl groups excluding tert-OH is 2. The van der Waals surface area contributed by atoms with E-state index in [0.717, 1.165) is 6.39 Å². The van der Waals surface area contributed by atoms with Gasteiger partial charge in [0.1, 0.15) is 24.0 Å². The zero-order valence-electron chi connectivity index (χ0n) is 14.7. The molecule has 0 saturated carbocycles. The van der Waals surface area contributed by atoms with Gasteiger partial charge >= 0.3 is 0 Å². The first-order valence-electron chi connectivity index (χ1n) is 8.20. The first kappa shape index (κ1) is 19.7. The molecule has 3 rings (SSSR count). The quantitative estimate of drug-likeness (QED) is 0.455. The minimum absolute atomic E-state index is 0.00738. The van der Waals surface area contributed by atoms with Crippen molar-refractivity contribution in [2.24, 2.45) is 0 Å². The first-order valence-corrected chi connectivity index (χ1v) is 8.20. The Morgan fingerprint density at radius 3 is 2.86 bits per heavy atom. The molecule has 148 valence electrons. The summed E-state index contributed by atoms with van der Waals surface area (Å²) in [6.45, 7) is 0.755. The highest BCUT2D eigenvalue weighted by Crippen LogP contribution is 2.31. The second-order valence-corrected chi connectivity index (χ2v) is 6.00. The Labute approximate surface area is 157 Å². The molecule has 28 heavy (non-hydrogen) atoms. The Balaban J connectivity index is 1.96. The average molecular weight is 393 g/mol. The molecule has 0 radical (unpaired) electrons. The number of aromatic nitrogens is 1. The van der Waals surface area contributed by atoms with Crippen molar-refractivity contribution in [3.63, 3.8) is 0 Å². The Kier molecular flexibility index (Phi) is 5.83. The lowest BCUT2D eigenvalue weighted by Crippen LogP contribution is -2.30. The molecular formula is C18H17F2N3O5. The number of carbonyl (C=O) groups excluding carboxylic acids is 1. The van der Waals surface area contributed by atoms with Crippen LogP contribution in [0.25, 0.3) is 11.1 Å². The van der Waals surface area contributed by atoms with Crippen LogP contribution in [0, 0.1) is 18.6 Å². The molecular weight excluding hydrogens is 376 g/mol. The van der Waals surface area contributed by atoms with Crippen LogP contribution in [-0.4, -0.2) is 40.4 Å². The lowest BCUT2D eigenvalue weighted by molar-refractivity contribution is -0.0295. The summed E-state index contributed by atoms with van der Waals surface area (Å²) < 4.78 is 34.2. The predicted octanol–water partition coefficient (Wildman–Crippen LogP) is 2.17. The molecule has 0 aliphatic carbocycles. The molecule has 1 aromatic heterocycles. The summed E-state index contributed by atoms with van der Waals surface area (Å²) in [6, 6.07) is 5.51. The fourth-order valence-corrected chi connectivity index (χ4v) is 2.43. The van der Waals surface area contributed by atoms with E-state index in [9.17, 15) is 18.7 Å². The van der Waals surface area contributed by atoms with Gasteiger partial charge in [-0.3, -0.25) is 9.63 Å². The number of hydroxylamine groups is 1. The fraction of sp³-hybridized carbons (Fsp3) is 0.222. The molecule has 1 unspecified atom stereocenters. The minimum Gasteiger partial charge on any atom is -0.443 e. The Morgan fingerprint density at radius 1 is 1.36 bits per heavy atom. The highest BCUT2D eigenvalue weighted by molar-refractivity contribution is 6.03. The summed E-state index contributed by atoms with van der Waals surface area (Å²) in [7, 11) is 0. The highest BCUT2D eigenvalue weighted by Gasteiger charge is 2.22. The van der Waals surface area contributed by atoms with Crippen molar-refractivity contribution in [1.29, 1.82) is 0 Å². The summed E-state index contributed by atoms with van der Waals surface area (Å²) in [5.74, 6) is -2.42. The van der Waals surface area contributed by atoms with Crippen molar-refractivity contribution in [2.75, 3.05) is 18.5 Å². The van der Waals surface area contributed by atoms with Crippen LogP contribution < -0.4 is 10.8 Å². The second-order valence-electron chi connectivity index (χ2n) is 6.00. The molecule has 2 aromatic carbocycles. The predicted molar refractivity (Wildman–Crippen MR) is 94.9 cm³/mol. The maximum absolute atomic E-state index is 14.9. The summed E-state index contributed by atoms with van der Waals surface area (Å²) >= 11 is 0. The van der Waals surface area contributed by atoms with Gasteiger partial charge in [0.15, 0.2) is 17.8 Å². The Hall–Kier alpha value is -3.08. The van der Waals surface area contributed by atoms with Crippen LogP contribution in [-0.2, 0) is 4.84 Å². The van der Waals surface area contributed by atoms with Crippen molar-refractivity contribution in [3.8, 4) is 0 Å². The van der Waals surface area contributed by atoms with Gasteiger partial charge in [0, 0.05) is 0 Å². The van der Waals surface area contributed by atoms with Gasteiger partial charge in [0.25, 0.3) is 5.91 Å². The van der Waals surface area contributed by atoms with E-state index in [2.05, 4.69) is 10.3 Å². The van der Waals surface area contributed by atoms with Crippen LogP contribution >= 0.6 is 0 Å². The number of hydrogen-bond acceptors (Lipinski definition) is 7. The maximum Gasteiger partial charge on any atom is 0.277 e. The topological polar surface area (TPSA) is 117 Å². The van der Waals surface area contributed by atoms with Crippen LogP contribution in [0.1, 0.15) is 15.9 Å². The second kappa shape index (κ2) is 8.30. The fourth-order valence-electron chi connectivity index (χ4n) is 2.43. The van der Waals surface area contributed by atoms with E-state index in [4.69, 9.17) is 14.4 Å². The zero-order valence-corrected chi connectivity index (χ0v) is 14.7. The summed E-state index contributed by atoms with van der Waals surface area (Å²) in [6.07, 6.45) is -0.187.